The summed E-state index contributed by atoms with van der Waals surface area (Å²) in [6.45, 7) is 7.00. The SMILES string of the molecule is CC1(C)[C@@H]2C[C@@H](CO)[C@@](C)(N=Cc3cc(Br)ccc3O)[C@H]1C2. The van der Waals surface area contributed by atoms with Gasteiger partial charge in [0.15, 0.2) is 0 Å². The van der Waals surface area contributed by atoms with Gasteiger partial charge in [-0.25, -0.2) is 0 Å². The van der Waals surface area contributed by atoms with Crippen LogP contribution in [-0.4, -0.2) is 28.6 Å². The lowest BCUT2D eigenvalue weighted by molar-refractivity contribution is -0.148. The predicted molar refractivity (Wildman–Crippen MR) is 92.4 cm³/mol. The molecule has 0 spiro atoms. The maximum Gasteiger partial charge on any atom is 0.124 e. The molecule has 0 aliphatic heterocycles. The van der Waals surface area contributed by atoms with Gasteiger partial charge in [0.1, 0.15) is 5.75 Å². The standard InChI is InChI=1S/C18H24BrNO2/c1-17(2)12-7-13(10-21)18(3,16(17)8-12)20-9-11-6-14(19)4-5-15(11)22/h4-6,9,12-13,16,21-22H,7-8,10H2,1-3H3/t12-,13+,16+,18-/m1/s1. The number of hydrogen-bond acceptors (Lipinski definition) is 3. The summed E-state index contributed by atoms with van der Waals surface area (Å²) in [5, 5.41) is 19.8. The van der Waals surface area contributed by atoms with Crippen LogP contribution in [0.1, 0.15) is 39.2 Å². The Morgan fingerprint density at radius 2 is 2.05 bits per heavy atom. The summed E-state index contributed by atoms with van der Waals surface area (Å²) in [4.78, 5) is 4.89. The van der Waals surface area contributed by atoms with Crippen LogP contribution in [0.25, 0.3) is 0 Å². The molecule has 1 aromatic carbocycles. The molecule has 0 radical (unpaired) electrons. The van der Waals surface area contributed by atoms with Gasteiger partial charge in [0, 0.05) is 28.8 Å². The zero-order valence-electron chi connectivity index (χ0n) is 13.4. The second-order valence-corrected chi connectivity index (χ2v) is 8.52. The van der Waals surface area contributed by atoms with Crippen LogP contribution in [-0.2, 0) is 0 Å². The number of rotatable bonds is 3. The summed E-state index contributed by atoms with van der Waals surface area (Å²) in [5.74, 6) is 1.63. The molecule has 4 atom stereocenters. The molecule has 2 N–H and O–H groups in total. The highest BCUT2D eigenvalue weighted by molar-refractivity contribution is 9.10. The number of fused-ring (bicyclic) bond motifs is 2. The number of aliphatic hydroxyl groups is 1. The van der Waals surface area contributed by atoms with Crippen molar-refractivity contribution in [3.05, 3.63) is 28.2 Å². The number of nitrogens with zero attached hydrogens (tertiary/aromatic N) is 1. The maximum absolute atomic E-state index is 9.99. The summed E-state index contributed by atoms with van der Waals surface area (Å²) in [6.07, 6.45) is 4.01. The molecule has 3 saturated carbocycles. The summed E-state index contributed by atoms with van der Waals surface area (Å²) in [5.41, 5.74) is 0.741. The minimum absolute atomic E-state index is 0.182. The van der Waals surface area contributed by atoms with Gasteiger partial charge in [-0.15, -0.1) is 0 Å². The monoisotopic (exact) mass is 365 g/mol. The number of benzene rings is 1. The molecule has 120 valence electrons. The average molecular weight is 366 g/mol. The highest BCUT2D eigenvalue weighted by Crippen LogP contribution is 2.65. The zero-order chi connectivity index (χ0) is 16.1. The molecule has 1 aromatic rings. The number of phenols is 1. The fourth-order valence-corrected chi connectivity index (χ4v) is 4.95. The van der Waals surface area contributed by atoms with Gasteiger partial charge in [-0.2, -0.15) is 0 Å². The predicted octanol–water partition coefficient (Wildman–Crippen LogP) is 4.01. The molecule has 3 aliphatic rings. The van der Waals surface area contributed by atoms with Crippen LogP contribution in [0.3, 0.4) is 0 Å². The smallest absolute Gasteiger partial charge is 0.124 e. The molecule has 2 bridgehead atoms. The zero-order valence-corrected chi connectivity index (χ0v) is 15.0. The molecule has 22 heavy (non-hydrogen) atoms. The van der Waals surface area contributed by atoms with E-state index in [9.17, 15) is 10.2 Å². The van der Waals surface area contributed by atoms with Crippen molar-refractivity contribution in [3.8, 4) is 5.75 Å². The first kappa shape index (κ1) is 16.0. The van der Waals surface area contributed by atoms with Gasteiger partial charge in [-0.3, -0.25) is 4.99 Å². The van der Waals surface area contributed by atoms with E-state index >= 15 is 0 Å². The van der Waals surface area contributed by atoms with E-state index < -0.39 is 0 Å². The number of aromatic hydroxyl groups is 1. The lowest BCUT2D eigenvalue weighted by Crippen LogP contribution is -2.64. The number of aliphatic hydroxyl groups excluding tert-OH is 1. The molecule has 3 fully saturated rings. The van der Waals surface area contributed by atoms with E-state index in [-0.39, 0.29) is 29.2 Å². The Bertz CT molecular complexity index is 613. The third-order valence-corrected chi connectivity index (χ3v) is 6.76. The van der Waals surface area contributed by atoms with E-state index in [1.165, 1.54) is 6.42 Å². The molecular formula is C18H24BrNO2. The van der Waals surface area contributed by atoms with Crippen LogP contribution < -0.4 is 0 Å². The van der Waals surface area contributed by atoms with E-state index in [0.29, 0.717) is 17.4 Å². The summed E-state index contributed by atoms with van der Waals surface area (Å²) in [7, 11) is 0. The minimum atomic E-state index is -0.262. The average Bonchev–Trinajstić information content (AvgIpc) is 2.47. The fraction of sp³-hybridized carbons (Fsp3) is 0.611. The van der Waals surface area contributed by atoms with Crippen molar-refractivity contribution in [2.75, 3.05) is 6.61 Å². The molecule has 0 heterocycles. The number of aliphatic imine (C=N–C) groups is 1. The Morgan fingerprint density at radius 3 is 2.68 bits per heavy atom. The van der Waals surface area contributed by atoms with E-state index in [4.69, 9.17) is 4.99 Å². The van der Waals surface area contributed by atoms with Crippen molar-refractivity contribution in [1.29, 1.82) is 0 Å². The Hall–Kier alpha value is -0.870. The summed E-state index contributed by atoms with van der Waals surface area (Å²) >= 11 is 3.43. The lowest BCUT2D eigenvalue weighted by Gasteiger charge is -2.65. The highest BCUT2D eigenvalue weighted by Gasteiger charge is 2.62. The first-order valence-corrected chi connectivity index (χ1v) is 8.73. The van der Waals surface area contributed by atoms with E-state index in [2.05, 4.69) is 36.7 Å². The summed E-state index contributed by atoms with van der Waals surface area (Å²) < 4.78 is 0.920. The molecule has 0 amide bonds. The largest absolute Gasteiger partial charge is 0.507 e. The molecule has 4 rings (SSSR count). The van der Waals surface area contributed by atoms with Gasteiger partial charge in [0.05, 0.1) is 5.54 Å². The molecular weight excluding hydrogens is 342 g/mol. The lowest BCUT2D eigenvalue weighted by atomic mass is 9.41. The van der Waals surface area contributed by atoms with Crippen LogP contribution in [0.5, 0.6) is 5.75 Å². The maximum atomic E-state index is 9.99. The first-order chi connectivity index (χ1) is 10.3. The quantitative estimate of drug-likeness (QED) is 0.795. The molecule has 0 aromatic heterocycles. The van der Waals surface area contributed by atoms with Gasteiger partial charge in [-0.05, 0) is 55.2 Å². The third-order valence-electron chi connectivity index (χ3n) is 6.26. The highest BCUT2D eigenvalue weighted by atomic mass is 79.9. The molecule has 0 saturated heterocycles. The Labute approximate surface area is 140 Å². The van der Waals surface area contributed by atoms with Crippen molar-refractivity contribution in [2.45, 2.75) is 39.2 Å². The Morgan fingerprint density at radius 1 is 1.32 bits per heavy atom. The van der Waals surface area contributed by atoms with Crippen LogP contribution in [0, 0.1) is 23.2 Å². The van der Waals surface area contributed by atoms with Crippen molar-refractivity contribution < 1.29 is 10.2 Å². The van der Waals surface area contributed by atoms with Crippen LogP contribution in [0.4, 0.5) is 0 Å². The second kappa shape index (κ2) is 5.34. The molecule has 4 heteroatoms. The van der Waals surface area contributed by atoms with Gasteiger partial charge in [-0.1, -0.05) is 29.8 Å². The summed E-state index contributed by atoms with van der Waals surface area (Å²) in [6, 6.07) is 5.35. The minimum Gasteiger partial charge on any atom is -0.507 e. The second-order valence-electron chi connectivity index (χ2n) is 7.61. The van der Waals surface area contributed by atoms with Gasteiger partial charge in [0.2, 0.25) is 0 Å². The van der Waals surface area contributed by atoms with Crippen molar-refractivity contribution in [3.63, 3.8) is 0 Å². The fourth-order valence-electron chi connectivity index (χ4n) is 4.57. The van der Waals surface area contributed by atoms with E-state index in [0.717, 1.165) is 10.9 Å². The number of halogens is 1. The van der Waals surface area contributed by atoms with Crippen LogP contribution in [0.15, 0.2) is 27.7 Å². The van der Waals surface area contributed by atoms with E-state index in [1.54, 1.807) is 12.3 Å². The number of phenolic OH excluding ortho intramolecular Hbond substituents is 1. The van der Waals surface area contributed by atoms with Crippen LogP contribution >= 0.6 is 15.9 Å². The number of hydrogen-bond donors (Lipinski definition) is 2. The molecule has 3 nitrogen and oxygen atoms in total. The van der Waals surface area contributed by atoms with Gasteiger partial charge < -0.3 is 10.2 Å². The van der Waals surface area contributed by atoms with Crippen molar-refractivity contribution >= 4 is 22.1 Å². The van der Waals surface area contributed by atoms with E-state index in [1.807, 2.05) is 12.1 Å². The third kappa shape index (κ3) is 2.31. The Balaban J connectivity index is 1.93. The normalized spacial score (nSPS) is 36.3. The molecule has 0 unspecified atom stereocenters. The van der Waals surface area contributed by atoms with Crippen molar-refractivity contribution in [1.82, 2.24) is 0 Å². The van der Waals surface area contributed by atoms with Gasteiger partial charge >= 0.3 is 0 Å². The molecule has 3 aliphatic carbocycles. The van der Waals surface area contributed by atoms with Crippen LogP contribution in [0.2, 0.25) is 0 Å². The van der Waals surface area contributed by atoms with Crippen molar-refractivity contribution in [2.24, 2.45) is 28.2 Å². The Kier molecular flexibility index (Phi) is 3.89. The van der Waals surface area contributed by atoms with Gasteiger partial charge in [0.25, 0.3) is 0 Å². The topological polar surface area (TPSA) is 52.8 Å². The first-order valence-electron chi connectivity index (χ1n) is 7.93.